The van der Waals surface area contributed by atoms with Gasteiger partial charge in [0.1, 0.15) is 0 Å². The van der Waals surface area contributed by atoms with Crippen LogP contribution in [0.25, 0.3) is 0 Å². The highest BCUT2D eigenvalue weighted by atomic mass is 16.2. The number of hydrogen-bond donors (Lipinski definition) is 2. The van der Waals surface area contributed by atoms with E-state index in [-0.39, 0.29) is 12.0 Å². The molecule has 1 aromatic heterocycles. The molecule has 0 spiro atoms. The number of nitrogens with zero attached hydrogens (tertiary/aromatic N) is 4. The van der Waals surface area contributed by atoms with Crippen LogP contribution in [0.5, 0.6) is 0 Å². The second-order valence-corrected chi connectivity index (χ2v) is 8.37. The van der Waals surface area contributed by atoms with Gasteiger partial charge in [0, 0.05) is 57.6 Å². The Bertz CT molecular complexity index is 839. The number of rotatable bonds is 6. The zero-order chi connectivity index (χ0) is 20.8. The molecule has 7 heteroatoms. The van der Waals surface area contributed by atoms with E-state index in [0.717, 1.165) is 44.9 Å². The molecule has 2 N–H and O–H groups in total. The van der Waals surface area contributed by atoms with Crippen LogP contribution in [-0.4, -0.2) is 52.5 Å². The number of imidazole rings is 1. The maximum absolute atomic E-state index is 12.6. The number of benzene rings is 1. The summed E-state index contributed by atoms with van der Waals surface area (Å²) in [5.41, 5.74) is 2.45. The molecule has 2 aromatic rings. The van der Waals surface area contributed by atoms with E-state index in [4.69, 9.17) is 0 Å². The number of amides is 1. The third kappa shape index (κ3) is 5.20. The molecule has 7 nitrogen and oxygen atoms in total. The molecule has 4 rings (SSSR count). The Balaban J connectivity index is 1.22. The first-order chi connectivity index (χ1) is 14.7. The van der Waals surface area contributed by atoms with Gasteiger partial charge in [-0.1, -0.05) is 37.1 Å². The molecule has 2 aliphatic rings. The standard InChI is InChI=1S/C23H32N6O/c1-24-23(27-21-10-12-29(16-21)22(30)20-4-2-3-5-20)26-14-18-6-8-19(9-7-18)15-28-13-11-25-17-28/h6-9,11,13,17,20-21H,2-5,10,12,14-16H2,1H3,(H2,24,26,27). The van der Waals surface area contributed by atoms with Crippen molar-refractivity contribution in [3.63, 3.8) is 0 Å². The van der Waals surface area contributed by atoms with Crippen molar-refractivity contribution in [2.75, 3.05) is 20.1 Å². The molecule has 1 aromatic carbocycles. The Morgan fingerprint density at radius 3 is 2.63 bits per heavy atom. The third-order valence-corrected chi connectivity index (χ3v) is 6.18. The first kappa shape index (κ1) is 20.4. The van der Waals surface area contributed by atoms with Crippen LogP contribution < -0.4 is 10.6 Å². The fourth-order valence-electron chi connectivity index (χ4n) is 4.44. The van der Waals surface area contributed by atoms with Gasteiger partial charge in [-0.25, -0.2) is 4.98 Å². The Morgan fingerprint density at radius 1 is 1.17 bits per heavy atom. The number of hydrogen-bond acceptors (Lipinski definition) is 3. The van der Waals surface area contributed by atoms with E-state index < -0.39 is 0 Å². The lowest BCUT2D eigenvalue weighted by Gasteiger charge is -2.21. The summed E-state index contributed by atoms with van der Waals surface area (Å²) in [7, 11) is 1.79. The minimum Gasteiger partial charge on any atom is -0.352 e. The maximum atomic E-state index is 12.6. The highest BCUT2D eigenvalue weighted by Gasteiger charge is 2.32. The monoisotopic (exact) mass is 408 g/mol. The quantitative estimate of drug-likeness (QED) is 0.569. The molecule has 160 valence electrons. The SMILES string of the molecule is CN=C(NCc1ccc(Cn2ccnc2)cc1)NC1CCN(C(=O)C2CCCC2)C1. The summed E-state index contributed by atoms with van der Waals surface area (Å²) in [6.07, 6.45) is 11.1. The molecule has 1 unspecified atom stereocenters. The summed E-state index contributed by atoms with van der Waals surface area (Å²) in [6.45, 7) is 3.17. The summed E-state index contributed by atoms with van der Waals surface area (Å²) in [5.74, 6) is 1.41. The summed E-state index contributed by atoms with van der Waals surface area (Å²) in [6, 6.07) is 8.85. The van der Waals surface area contributed by atoms with Gasteiger partial charge in [-0.3, -0.25) is 9.79 Å². The molecule has 1 saturated carbocycles. The Hall–Kier alpha value is -2.83. The normalized spacial score (nSPS) is 20.0. The first-order valence-electron chi connectivity index (χ1n) is 11.0. The van der Waals surface area contributed by atoms with Gasteiger partial charge in [0.2, 0.25) is 5.91 Å². The Morgan fingerprint density at radius 2 is 1.93 bits per heavy atom. The number of carbonyl (C=O) groups is 1. The summed E-state index contributed by atoms with van der Waals surface area (Å²) >= 11 is 0. The van der Waals surface area contributed by atoms with Crippen LogP contribution in [-0.2, 0) is 17.9 Å². The topological polar surface area (TPSA) is 74.6 Å². The van der Waals surface area contributed by atoms with E-state index in [1.807, 2.05) is 17.4 Å². The van der Waals surface area contributed by atoms with Crippen molar-refractivity contribution < 1.29 is 4.79 Å². The van der Waals surface area contributed by atoms with Crippen LogP contribution in [0.4, 0.5) is 0 Å². The fourth-order valence-corrected chi connectivity index (χ4v) is 4.44. The predicted octanol–water partition coefficient (Wildman–Crippen LogP) is 2.39. The Labute approximate surface area is 178 Å². The van der Waals surface area contributed by atoms with Crippen molar-refractivity contribution in [3.8, 4) is 0 Å². The minimum absolute atomic E-state index is 0.262. The molecule has 2 fully saturated rings. The zero-order valence-corrected chi connectivity index (χ0v) is 17.8. The summed E-state index contributed by atoms with van der Waals surface area (Å²) in [4.78, 5) is 23.1. The molecule has 1 atom stereocenters. The van der Waals surface area contributed by atoms with E-state index in [2.05, 4.69) is 49.4 Å². The van der Waals surface area contributed by atoms with Crippen molar-refractivity contribution in [1.82, 2.24) is 25.1 Å². The van der Waals surface area contributed by atoms with Crippen LogP contribution >= 0.6 is 0 Å². The minimum atomic E-state index is 0.262. The van der Waals surface area contributed by atoms with Gasteiger partial charge in [0.25, 0.3) is 0 Å². The molecule has 0 radical (unpaired) electrons. The molecular formula is C23H32N6O. The van der Waals surface area contributed by atoms with Crippen LogP contribution in [0.2, 0.25) is 0 Å². The maximum Gasteiger partial charge on any atom is 0.225 e. The largest absolute Gasteiger partial charge is 0.352 e. The van der Waals surface area contributed by atoms with E-state index >= 15 is 0 Å². The van der Waals surface area contributed by atoms with Gasteiger partial charge < -0.3 is 20.1 Å². The van der Waals surface area contributed by atoms with Crippen LogP contribution in [0.15, 0.2) is 48.0 Å². The lowest BCUT2D eigenvalue weighted by Crippen LogP contribution is -2.45. The molecular weight excluding hydrogens is 376 g/mol. The number of carbonyl (C=O) groups excluding carboxylic acids is 1. The van der Waals surface area contributed by atoms with Crippen molar-refractivity contribution in [3.05, 3.63) is 54.1 Å². The van der Waals surface area contributed by atoms with Crippen LogP contribution in [0, 0.1) is 5.92 Å². The first-order valence-corrected chi connectivity index (χ1v) is 11.0. The van der Waals surface area contributed by atoms with Gasteiger partial charge in [0.05, 0.1) is 6.33 Å². The number of aromatic nitrogens is 2. The van der Waals surface area contributed by atoms with E-state index in [9.17, 15) is 4.79 Å². The number of guanidine groups is 1. The van der Waals surface area contributed by atoms with Crippen molar-refractivity contribution in [2.24, 2.45) is 10.9 Å². The predicted molar refractivity (Wildman–Crippen MR) is 118 cm³/mol. The summed E-state index contributed by atoms with van der Waals surface area (Å²) in [5, 5.41) is 6.88. The molecule has 0 bridgehead atoms. The molecule has 1 aliphatic carbocycles. The van der Waals surface area contributed by atoms with Crippen molar-refractivity contribution in [2.45, 2.75) is 51.2 Å². The molecule has 1 saturated heterocycles. The average molecular weight is 409 g/mol. The Kier molecular flexibility index (Phi) is 6.67. The second-order valence-electron chi connectivity index (χ2n) is 8.37. The van der Waals surface area contributed by atoms with Crippen molar-refractivity contribution >= 4 is 11.9 Å². The smallest absolute Gasteiger partial charge is 0.225 e. The van der Waals surface area contributed by atoms with Gasteiger partial charge in [-0.2, -0.15) is 0 Å². The van der Waals surface area contributed by atoms with E-state index in [1.54, 1.807) is 13.2 Å². The van der Waals surface area contributed by atoms with Crippen LogP contribution in [0.3, 0.4) is 0 Å². The lowest BCUT2D eigenvalue weighted by molar-refractivity contribution is -0.134. The van der Waals surface area contributed by atoms with E-state index in [0.29, 0.717) is 12.5 Å². The van der Waals surface area contributed by atoms with Gasteiger partial charge in [-0.15, -0.1) is 0 Å². The second kappa shape index (κ2) is 9.78. The zero-order valence-electron chi connectivity index (χ0n) is 17.8. The molecule has 30 heavy (non-hydrogen) atoms. The molecule has 1 amide bonds. The van der Waals surface area contributed by atoms with E-state index in [1.165, 1.54) is 24.0 Å². The third-order valence-electron chi connectivity index (χ3n) is 6.18. The van der Waals surface area contributed by atoms with Crippen molar-refractivity contribution in [1.29, 1.82) is 0 Å². The van der Waals surface area contributed by atoms with Crippen LogP contribution in [0.1, 0.15) is 43.2 Å². The van der Waals surface area contributed by atoms with Gasteiger partial charge in [-0.05, 0) is 30.4 Å². The van der Waals surface area contributed by atoms with Gasteiger partial charge in [0.15, 0.2) is 5.96 Å². The number of aliphatic imine (C=N–C) groups is 1. The highest BCUT2D eigenvalue weighted by molar-refractivity contribution is 5.81. The highest BCUT2D eigenvalue weighted by Crippen LogP contribution is 2.27. The number of likely N-dealkylation sites (tertiary alicyclic amines) is 1. The average Bonchev–Trinajstić information content (AvgIpc) is 3.55. The fraction of sp³-hybridized carbons (Fsp3) is 0.522. The molecule has 1 aliphatic heterocycles. The molecule has 2 heterocycles. The van der Waals surface area contributed by atoms with Gasteiger partial charge >= 0.3 is 0 Å². The lowest BCUT2D eigenvalue weighted by atomic mass is 10.1. The number of nitrogens with one attached hydrogen (secondary N) is 2. The summed E-state index contributed by atoms with van der Waals surface area (Å²) < 4.78 is 2.06.